The van der Waals surface area contributed by atoms with Gasteiger partial charge in [0.05, 0.1) is 5.56 Å². The van der Waals surface area contributed by atoms with E-state index in [4.69, 9.17) is 9.84 Å². The highest BCUT2D eigenvalue weighted by Crippen LogP contribution is 2.30. The van der Waals surface area contributed by atoms with Gasteiger partial charge >= 0.3 is 5.97 Å². The number of ether oxygens (including phenoxy) is 1. The summed E-state index contributed by atoms with van der Waals surface area (Å²) in [5.41, 5.74) is 2.02. The van der Waals surface area contributed by atoms with Gasteiger partial charge in [0, 0.05) is 18.8 Å². The Bertz CT molecular complexity index is 534. The summed E-state index contributed by atoms with van der Waals surface area (Å²) in [6.45, 7) is 1.26. The van der Waals surface area contributed by atoms with Crippen molar-refractivity contribution in [3.8, 4) is 0 Å². The third-order valence-electron chi connectivity index (χ3n) is 3.69. The van der Waals surface area contributed by atoms with Crippen LogP contribution in [0.5, 0.6) is 0 Å². The Kier molecular flexibility index (Phi) is 2.98. The molecule has 0 spiro atoms. The Morgan fingerprint density at radius 1 is 1.37 bits per heavy atom. The van der Waals surface area contributed by atoms with Gasteiger partial charge in [-0.05, 0) is 43.0 Å². The molecule has 100 valence electrons. The third-order valence-corrected chi connectivity index (χ3v) is 3.69. The summed E-state index contributed by atoms with van der Waals surface area (Å²) < 4.78 is 5.42. The number of hydrogen-bond donors (Lipinski definition) is 1. The fourth-order valence-electron chi connectivity index (χ4n) is 2.71. The number of fused-ring (bicyclic) bond motifs is 1. The highest BCUT2D eigenvalue weighted by molar-refractivity contribution is 5.99. The van der Waals surface area contributed by atoms with E-state index in [0.717, 1.165) is 24.1 Å². The van der Waals surface area contributed by atoms with Gasteiger partial charge in [-0.25, -0.2) is 4.79 Å². The summed E-state index contributed by atoms with van der Waals surface area (Å²) >= 11 is 0. The van der Waals surface area contributed by atoms with E-state index in [1.165, 1.54) is 0 Å². The topological polar surface area (TPSA) is 66.8 Å². The first-order valence-electron chi connectivity index (χ1n) is 6.46. The first kappa shape index (κ1) is 12.2. The van der Waals surface area contributed by atoms with E-state index in [1.54, 1.807) is 23.1 Å². The molecule has 0 aliphatic carbocycles. The zero-order valence-electron chi connectivity index (χ0n) is 10.5. The molecule has 1 atom stereocenters. The van der Waals surface area contributed by atoms with Crippen LogP contribution in [0.15, 0.2) is 18.2 Å². The number of benzene rings is 1. The quantitative estimate of drug-likeness (QED) is 0.875. The van der Waals surface area contributed by atoms with Crippen molar-refractivity contribution in [1.29, 1.82) is 0 Å². The fourth-order valence-corrected chi connectivity index (χ4v) is 2.71. The molecule has 0 unspecified atom stereocenters. The molecule has 1 aromatic carbocycles. The zero-order valence-corrected chi connectivity index (χ0v) is 10.5. The molecule has 2 aliphatic heterocycles. The molecular formula is C14H15NO4. The molecule has 1 fully saturated rings. The summed E-state index contributed by atoms with van der Waals surface area (Å²) in [4.78, 5) is 25.0. The number of rotatable bonds is 2. The third kappa shape index (κ3) is 2.10. The summed E-state index contributed by atoms with van der Waals surface area (Å²) in [6.07, 6.45) is 2.08. The second-order valence-corrected chi connectivity index (χ2v) is 4.89. The lowest BCUT2D eigenvalue weighted by Gasteiger charge is -2.20. The van der Waals surface area contributed by atoms with E-state index in [-0.39, 0.29) is 17.6 Å². The van der Waals surface area contributed by atoms with Gasteiger partial charge in [0.25, 0.3) is 5.91 Å². The van der Waals surface area contributed by atoms with Gasteiger partial charge in [-0.3, -0.25) is 4.79 Å². The number of carbonyl (C=O) groups is 2. The number of carbonyl (C=O) groups excluding carboxylic acids is 1. The fraction of sp³-hybridized carbons (Fsp3) is 0.429. The number of aromatic carboxylic acids is 1. The highest BCUT2D eigenvalue weighted by Gasteiger charge is 2.32. The SMILES string of the molecule is O=C(O)c1ccc2c(c1)CCN2C(=O)[C@@H]1CCCO1. The average molecular weight is 261 g/mol. The predicted molar refractivity (Wildman–Crippen MR) is 68.4 cm³/mol. The van der Waals surface area contributed by atoms with Gasteiger partial charge in [0.1, 0.15) is 6.10 Å². The van der Waals surface area contributed by atoms with Gasteiger partial charge in [0.15, 0.2) is 0 Å². The van der Waals surface area contributed by atoms with Crippen LogP contribution in [0, 0.1) is 0 Å². The minimum atomic E-state index is -0.938. The Labute approximate surface area is 110 Å². The molecule has 0 radical (unpaired) electrons. The Morgan fingerprint density at radius 2 is 2.21 bits per heavy atom. The monoisotopic (exact) mass is 261 g/mol. The Balaban J connectivity index is 1.85. The normalized spacial score (nSPS) is 21.5. The molecule has 5 nitrogen and oxygen atoms in total. The average Bonchev–Trinajstić information content (AvgIpc) is 3.06. The van der Waals surface area contributed by atoms with E-state index >= 15 is 0 Å². The number of carboxylic acid groups (broad SMARTS) is 1. The molecule has 1 saturated heterocycles. The summed E-state index contributed by atoms with van der Waals surface area (Å²) in [5.74, 6) is -0.939. The van der Waals surface area contributed by atoms with Crippen molar-refractivity contribution in [1.82, 2.24) is 0 Å². The maximum absolute atomic E-state index is 12.3. The van der Waals surface area contributed by atoms with Gasteiger partial charge in [-0.1, -0.05) is 0 Å². The van der Waals surface area contributed by atoms with Crippen LogP contribution in [-0.2, 0) is 16.0 Å². The van der Waals surface area contributed by atoms with Crippen LogP contribution in [-0.4, -0.2) is 36.2 Å². The number of carboxylic acids is 1. The van der Waals surface area contributed by atoms with E-state index in [2.05, 4.69) is 0 Å². The summed E-state index contributed by atoms with van der Waals surface area (Å²) in [7, 11) is 0. The molecule has 1 amide bonds. The van der Waals surface area contributed by atoms with Crippen molar-refractivity contribution in [2.45, 2.75) is 25.4 Å². The molecule has 1 N–H and O–H groups in total. The van der Waals surface area contributed by atoms with Crippen molar-refractivity contribution < 1.29 is 19.4 Å². The minimum absolute atomic E-state index is 0.000625. The van der Waals surface area contributed by atoms with Crippen LogP contribution in [0.2, 0.25) is 0 Å². The molecule has 2 heterocycles. The lowest BCUT2D eigenvalue weighted by molar-refractivity contribution is -0.127. The Morgan fingerprint density at radius 3 is 2.89 bits per heavy atom. The molecule has 0 saturated carbocycles. The van der Waals surface area contributed by atoms with Crippen LogP contribution in [0.25, 0.3) is 0 Å². The van der Waals surface area contributed by atoms with Crippen molar-refractivity contribution in [3.63, 3.8) is 0 Å². The summed E-state index contributed by atoms with van der Waals surface area (Å²) in [5, 5.41) is 8.96. The number of amides is 1. The minimum Gasteiger partial charge on any atom is -0.478 e. The van der Waals surface area contributed by atoms with Gasteiger partial charge in [-0.2, -0.15) is 0 Å². The first-order chi connectivity index (χ1) is 9.16. The lowest BCUT2D eigenvalue weighted by atomic mass is 10.1. The maximum atomic E-state index is 12.3. The van der Waals surface area contributed by atoms with Crippen molar-refractivity contribution in [2.75, 3.05) is 18.1 Å². The second kappa shape index (κ2) is 4.66. The van der Waals surface area contributed by atoms with Gasteiger partial charge < -0.3 is 14.7 Å². The van der Waals surface area contributed by atoms with E-state index in [0.29, 0.717) is 19.6 Å². The van der Waals surface area contributed by atoms with E-state index in [9.17, 15) is 9.59 Å². The second-order valence-electron chi connectivity index (χ2n) is 4.89. The first-order valence-corrected chi connectivity index (χ1v) is 6.46. The van der Waals surface area contributed by atoms with Crippen LogP contribution in [0.4, 0.5) is 5.69 Å². The maximum Gasteiger partial charge on any atom is 0.335 e. The predicted octanol–water partition coefficient (Wildman–Crippen LogP) is 1.45. The van der Waals surface area contributed by atoms with Crippen LogP contribution in [0.1, 0.15) is 28.8 Å². The van der Waals surface area contributed by atoms with E-state index in [1.807, 2.05) is 0 Å². The smallest absolute Gasteiger partial charge is 0.335 e. The standard InChI is InChI=1S/C14H15NO4/c16-13(12-2-1-7-19-12)15-6-5-9-8-10(14(17)18)3-4-11(9)15/h3-4,8,12H,1-2,5-7H2,(H,17,18)/t12-/m0/s1. The molecule has 19 heavy (non-hydrogen) atoms. The molecule has 1 aromatic rings. The molecule has 5 heteroatoms. The van der Waals surface area contributed by atoms with Gasteiger partial charge in [0.2, 0.25) is 0 Å². The van der Waals surface area contributed by atoms with Crippen LogP contribution >= 0.6 is 0 Å². The molecule has 2 aliphatic rings. The van der Waals surface area contributed by atoms with Crippen molar-refractivity contribution in [2.24, 2.45) is 0 Å². The highest BCUT2D eigenvalue weighted by atomic mass is 16.5. The molecular weight excluding hydrogens is 246 g/mol. The lowest BCUT2D eigenvalue weighted by Crippen LogP contribution is -2.37. The summed E-state index contributed by atoms with van der Waals surface area (Å²) in [6, 6.07) is 4.92. The van der Waals surface area contributed by atoms with E-state index < -0.39 is 5.97 Å². The van der Waals surface area contributed by atoms with Crippen molar-refractivity contribution in [3.05, 3.63) is 29.3 Å². The largest absolute Gasteiger partial charge is 0.478 e. The zero-order chi connectivity index (χ0) is 13.4. The van der Waals surface area contributed by atoms with Crippen LogP contribution in [0.3, 0.4) is 0 Å². The number of nitrogens with zero attached hydrogens (tertiary/aromatic N) is 1. The van der Waals surface area contributed by atoms with Crippen LogP contribution < -0.4 is 4.90 Å². The number of hydrogen-bond acceptors (Lipinski definition) is 3. The van der Waals surface area contributed by atoms with Crippen molar-refractivity contribution >= 4 is 17.6 Å². The van der Waals surface area contributed by atoms with Gasteiger partial charge in [-0.15, -0.1) is 0 Å². The molecule has 0 aromatic heterocycles. The molecule has 0 bridgehead atoms. The number of anilines is 1. The Hall–Kier alpha value is -1.88. The molecule has 3 rings (SSSR count).